The molecule has 3 aromatic rings. The van der Waals surface area contributed by atoms with Crippen LogP contribution in [-0.4, -0.2) is 28.1 Å². The lowest BCUT2D eigenvalue weighted by molar-refractivity contribution is 0.0570. The minimum absolute atomic E-state index is 0.139. The highest BCUT2D eigenvalue weighted by atomic mass is 31.2. The molecule has 0 spiro atoms. The summed E-state index contributed by atoms with van der Waals surface area (Å²) in [6.07, 6.45) is 0. The van der Waals surface area contributed by atoms with Gasteiger partial charge in [-0.2, -0.15) is 0 Å². The van der Waals surface area contributed by atoms with Crippen LogP contribution in [-0.2, 0) is 9.30 Å². The molecule has 0 amide bonds. The fraction of sp³-hybridized carbons (Fsp3) is 0.176. The molecule has 0 radical (unpaired) electrons. The highest BCUT2D eigenvalue weighted by molar-refractivity contribution is 7.52. The quantitative estimate of drug-likeness (QED) is 0.493. The molecule has 1 atom stereocenters. The van der Waals surface area contributed by atoms with Gasteiger partial charge in [0.2, 0.25) is 0 Å². The first kappa shape index (κ1) is 16.1. The summed E-state index contributed by atoms with van der Waals surface area (Å²) in [5, 5.41) is 12.6. The van der Waals surface area contributed by atoms with Crippen molar-refractivity contribution < 1.29 is 24.2 Å². The number of aliphatic hydroxyl groups excluding tert-OH is 1. The molecule has 1 unspecified atom stereocenters. The van der Waals surface area contributed by atoms with Crippen LogP contribution in [0.4, 0.5) is 0 Å². The molecule has 3 aromatic carbocycles. The summed E-state index contributed by atoms with van der Waals surface area (Å²) in [6.45, 7) is -0.441. The Balaban J connectivity index is 2.22. The van der Waals surface area contributed by atoms with Gasteiger partial charge in [-0.3, -0.25) is 4.57 Å². The summed E-state index contributed by atoms with van der Waals surface area (Å²) in [4.78, 5) is 19.3. The standard InChI is InChI=1S/C17H17O5P/c18-8-9-22-17(23(19,20)21)15-7-3-6-14-10-12-4-1-2-5-13(12)11-16(14)15/h1-7,10-11,17-18H,8-9H2,(H2,19,20,21). The second-order valence-corrected chi connectivity index (χ2v) is 6.95. The van der Waals surface area contributed by atoms with E-state index in [9.17, 15) is 14.4 Å². The first-order valence-electron chi connectivity index (χ1n) is 7.20. The van der Waals surface area contributed by atoms with Gasteiger partial charge < -0.3 is 19.6 Å². The van der Waals surface area contributed by atoms with E-state index in [-0.39, 0.29) is 13.2 Å². The Morgan fingerprint density at radius 2 is 1.61 bits per heavy atom. The normalized spacial score (nSPS) is 13.5. The average molecular weight is 332 g/mol. The third-order valence-electron chi connectivity index (χ3n) is 3.72. The van der Waals surface area contributed by atoms with Gasteiger partial charge in [-0.15, -0.1) is 0 Å². The molecular formula is C17H17O5P. The molecule has 120 valence electrons. The molecule has 0 fully saturated rings. The fourth-order valence-corrected chi connectivity index (χ4v) is 3.63. The van der Waals surface area contributed by atoms with Crippen molar-refractivity contribution in [1.29, 1.82) is 0 Å². The van der Waals surface area contributed by atoms with Crippen LogP contribution in [0.15, 0.2) is 54.6 Å². The maximum atomic E-state index is 11.8. The number of rotatable bonds is 5. The Bertz CT molecular complexity index is 886. The van der Waals surface area contributed by atoms with Crippen LogP contribution >= 0.6 is 7.60 Å². The number of aliphatic hydroxyl groups is 1. The highest BCUT2D eigenvalue weighted by Gasteiger charge is 2.32. The molecule has 0 aliphatic heterocycles. The molecule has 0 aliphatic rings. The molecule has 23 heavy (non-hydrogen) atoms. The molecule has 0 bridgehead atoms. The lowest BCUT2D eigenvalue weighted by Gasteiger charge is -2.21. The zero-order valence-electron chi connectivity index (χ0n) is 12.3. The van der Waals surface area contributed by atoms with Crippen LogP contribution in [0.25, 0.3) is 21.5 Å². The SMILES string of the molecule is O=P(O)(O)C(OCCO)c1cccc2cc3ccccc3cc12. The van der Waals surface area contributed by atoms with E-state index in [1.807, 2.05) is 42.5 Å². The van der Waals surface area contributed by atoms with E-state index in [0.717, 1.165) is 21.5 Å². The number of hydrogen-bond donors (Lipinski definition) is 3. The lowest BCUT2D eigenvalue weighted by atomic mass is 10.00. The topological polar surface area (TPSA) is 87.0 Å². The molecule has 6 heteroatoms. The van der Waals surface area contributed by atoms with E-state index in [1.54, 1.807) is 12.1 Å². The molecule has 0 heterocycles. The second kappa shape index (κ2) is 6.40. The molecule has 3 rings (SSSR count). The van der Waals surface area contributed by atoms with Crippen molar-refractivity contribution in [3.05, 3.63) is 60.2 Å². The molecule has 0 aliphatic carbocycles. The van der Waals surface area contributed by atoms with Crippen molar-refractivity contribution in [3.63, 3.8) is 0 Å². The monoisotopic (exact) mass is 332 g/mol. The molecule has 0 saturated carbocycles. The smallest absolute Gasteiger partial charge is 0.358 e. The summed E-state index contributed by atoms with van der Waals surface area (Å²) >= 11 is 0. The van der Waals surface area contributed by atoms with Crippen molar-refractivity contribution in [2.24, 2.45) is 0 Å². The number of benzene rings is 3. The summed E-state index contributed by atoms with van der Waals surface area (Å²) in [7, 11) is -4.53. The van der Waals surface area contributed by atoms with Crippen LogP contribution in [0.5, 0.6) is 0 Å². The van der Waals surface area contributed by atoms with Gasteiger partial charge in [0.15, 0.2) is 5.85 Å². The largest absolute Gasteiger partial charge is 0.394 e. The van der Waals surface area contributed by atoms with E-state index in [1.165, 1.54) is 0 Å². The van der Waals surface area contributed by atoms with Crippen LogP contribution in [0.3, 0.4) is 0 Å². The Morgan fingerprint density at radius 1 is 0.957 bits per heavy atom. The van der Waals surface area contributed by atoms with Gasteiger partial charge in [-0.25, -0.2) is 0 Å². The van der Waals surface area contributed by atoms with Gasteiger partial charge in [0.05, 0.1) is 13.2 Å². The summed E-state index contributed by atoms with van der Waals surface area (Å²) < 4.78 is 17.1. The van der Waals surface area contributed by atoms with Gasteiger partial charge in [0.25, 0.3) is 0 Å². The summed E-state index contributed by atoms with van der Waals surface area (Å²) in [6, 6.07) is 17.0. The van der Waals surface area contributed by atoms with Gasteiger partial charge in [0, 0.05) is 5.56 Å². The van der Waals surface area contributed by atoms with E-state index in [4.69, 9.17) is 9.84 Å². The summed E-state index contributed by atoms with van der Waals surface area (Å²) in [5.74, 6) is -1.39. The van der Waals surface area contributed by atoms with Crippen molar-refractivity contribution >= 4 is 29.1 Å². The zero-order chi connectivity index (χ0) is 16.4. The number of hydrogen-bond acceptors (Lipinski definition) is 3. The third kappa shape index (κ3) is 3.29. The molecule has 0 aromatic heterocycles. The predicted octanol–water partition coefficient (Wildman–Crippen LogP) is 3.18. The minimum atomic E-state index is -4.53. The Morgan fingerprint density at radius 3 is 2.26 bits per heavy atom. The maximum Gasteiger partial charge on any atom is 0.358 e. The van der Waals surface area contributed by atoms with Crippen molar-refractivity contribution in [2.45, 2.75) is 5.85 Å². The molecule has 0 saturated heterocycles. The Kier molecular flexibility index (Phi) is 4.48. The van der Waals surface area contributed by atoms with Crippen molar-refractivity contribution in [3.8, 4) is 0 Å². The van der Waals surface area contributed by atoms with Gasteiger partial charge in [-0.1, -0.05) is 42.5 Å². The molecular weight excluding hydrogens is 315 g/mol. The first-order valence-corrected chi connectivity index (χ1v) is 8.88. The first-order chi connectivity index (χ1) is 11.0. The van der Waals surface area contributed by atoms with Crippen LogP contribution < -0.4 is 0 Å². The van der Waals surface area contributed by atoms with Gasteiger partial charge >= 0.3 is 7.60 Å². The highest BCUT2D eigenvalue weighted by Crippen LogP contribution is 2.53. The average Bonchev–Trinajstić information content (AvgIpc) is 2.52. The van der Waals surface area contributed by atoms with Crippen LogP contribution in [0.2, 0.25) is 0 Å². The van der Waals surface area contributed by atoms with Gasteiger partial charge in [0.1, 0.15) is 0 Å². The Hall–Kier alpha value is -1.75. The molecule has 5 nitrogen and oxygen atoms in total. The molecule has 3 N–H and O–H groups in total. The zero-order valence-corrected chi connectivity index (χ0v) is 13.2. The number of ether oxygens (including phenoxy) is 1. The minimum Gasteiger partial charge on any atom is -0.394 e. The maximum absolute atomic E-state index is 11.8. The second-order valence-electron chi connectivity index (χ2n) is 5.30. The summed E-state index contributed by atoms with van der Waals surface area (Å²) in [5.41, 5.74) is 0.426. The lowest BCUT2D eigenvalue weighted by Crippen LogP contribution is -2.09. The number of fused-ring (bicyclic) bond motifs is 2. The van der Waals surface area contributed by atoms with E-state index in [0.29, 0.717) is 5.56 Å². The van der Waals surface area contributed by atoms with Crippen LogP contribution in [0, 0.1) is 0 Å². The fourth-order valence-electron chi connectivity index (χ4n) is 2.74. The Labute approximate surface area is 133 Å². The van der Waals surface area contributed by atoms with Gasteiger partial charge in [-0.05, 0) is 33.7 Å². The van der Waals surface area contributed by atoms with E-state index in [2.05, 4.69) is 0 Å². The van der Waals surface area contributed by atoms with E-state index < -0.39 is 13.4 Å². The third-order valence-corrected chi connectivity index (χ3v) is 4.76. The van der Waals surface area contributed by atoms with Crippen molar-refractivity contribution in [2.75, 3.05) is 13.2 Å². The van der Waals surface area contributed by atoms with Crippen LogP contribution in [0.1, 0.15) is 11.4 Å². The van der Waals surface area contributed by atoms with Crippen molar-refractivity contribution in [1.82, 2.24) is 0 Å². The predicted molar refractivity (Wildman–Crippen MR) is 89.3 cm³/mol. The van der Waals surface area contributed by atoms with E-state index >= 15 is 0 Å².